The Morgan fingerprint density at radius 3 is 0.500 bits per heavy atom. The number of hydrogen-bond donors (Lipinski definition) is 0. The van der Waals surface area contributed by atoms with E-state index in [0.29, 0.717) is 0 Å². The van der Waals surface area contributed by atoms with E-state index in [2.05, 4.69) is 26.6 Å². The largest absolute Gasteiger partial charge is 1.00 e. The molecule has 0 saturated carbocycles. The molecule has 0 atom stereocenters. The summed E-state index contributed by atoms with van der Waals surface area (Å²) in [5.41, 5.74) is 0. The van der Waals surface area contributed by atoms with Crippen LogP contribution in [0.25, 0.3) is 0 Å². The van der Waals surface area contributed by atoms with Crippen molar-refractivity contribution in [3.8, 4) is 0 Å². The molecule has 0 heterocycles. The van der Waals surface area contributed by atoms with E-state index in [1.54, 1.807) is 0 Å². The van der Waals surface area contributed by atoms with Gasteiger partial charge in [0, 0.05) is 17.1 Å². The van der Waals surface area contributed by atoms with Gasteiger partial charge in [-0.05, 0) is 0 Å². The molecule has 0 N–H and O–H groups in total. The van der Waals surface area contributed by atoms with Crippen LogP contribution >= 0.6 is 0 Å². The minimum atomic E-state index is 0. The Bertz CT molecular complexity index is 60.2. The van der Waals surface area contributed by atoms with Crippen LogP contribution in [0.2, 0.25) is 0 Å². The minimum Gasteiger partial charge on any atom is 0 e. The molecule has 0 bridgehead atoms. The van der Waals surface area contributed by atoms with Crippen LogP contribution in [0.1, 0.15) is 0 Å². The molecule has 0 aliphatic rings. The second-order valence-electron chi connectivity index (χ2n) is 0. The van der Waals surface area contributed by atoms with Crippen LogP contribution in [0.3, 0.4) is 0 Å². The Hall–Kier alpha value is 1.12. The fourth-order valence-corrected chi connectivity index (χ4v) is 0. The third-order valence-corrected chi connectivity index (χ3v) is 0. The van der Waals surface area contributed by atoms with Gasteiger partial charge in [-0.3, -0.25) is 0 Å². The van der Waals surface area contributed by atoms with E-state index < -0.39 is 0 Å². The molecule has 10 heavy (non-hydrogen) atoms. The van der Waals surface area contributed by atoms with E-state index in [0.717, 1.165) is 0 Å². The van der Waals surface area contributed by atoms with Gasteiger partial charge in [-0.1, -0.05) is 0 Å². The van der Waals surface area contributed by atoms with Gasteiger partial charge in [0.25, 0.3) is 0 Å². The Kier molecular flexibility index (Phi) is 2930. The summed E-state index contributed by atoms with van der Waals surface area (Å²) in [5, 5.41) is 0. The van der Waals surface area contributed by atoms with Crippen molar-refractivity contribution in [2.45, 2.75) is 0 Å². The smallest absolute Gasteiger partial charge is 0 e. The Morgan fingerprint density at radius 2 is 0.500 bits per heavy atom. The van der Waals surface area contributed by atoms with Crippen LogP contribution < -0.4 is 51.4 Å². The zero-order valence-corrected chi connectivity index (χ0v) is 9.21. The van der Waals surface area contributed by atoms with Crippen LogP contribution in [-0.2, 0) is 35.7 Å². The van der Waals surface area contributed by atoms with Gasteiger partial charge >= 0.3 is 96.6 Å². The van der Waals surface area contributed by atoms with Gasteiger partial charge in [0.15, 0.2) is 0 Å². The minimum absolute atomic E-state index is 0. The van der Waals surface area contributed by atoms with E-state index in [4.69, 9.17) is 18.6 Å². The standard InChI is InChI=1S/4CO.Fe.K/c4*1-2;;/q;;;;;+1. The molecule has 0 aromatic carbocycles. The molecular formula is C4FeKO4+. The summed E-state index contributed by atoms with van der Waals surface area (Å²) in [7, 11) is 0. The van der Waals surface area contributed by atoms with Crippen molar-refractivity contribution in [1.29, 1.82) is 0 Å². The zero-order chi connectivity index (χ0) is 8.00. The summed E-state index contributed by atoms with van der Waals surface area (Å²) >= 11 is 0. The van der Waals surface area contributed by atoms with E-state index >= 15 is 0 Å². The maximum Gasteiger partial charge on any atom is 1.00 e. The molecule has 0 radical (unpaired) electrons. The molecule has 0 fully saturated rings. The van der Waals surface area contributed by atoms with Gasteiger partial charge in [0.05, 0.1) is 0 Å². The van der Waals surface area contributed by atoms with E-state index in [1.165, 1.54) is 0 Å². The van der Waals surface area contributed by atoms with Crippen molar-refractivity contribution in [3.05, 3.63) is 26.6 Å². The second-order valence-corrected chi connectivity index (χ2v) is 0. The van der Waals surface area contributed by atoms with Crippen molar-refractivity contribution in [2.75, 3.05) is 0 Å². The van der Waals surface area contributed by atoms with Gasteiger partial charge < -0.3 is 0 Å². The molecular weight excluding hydrogens is 207 g/mol. The maximum absolute atomic E-state index is 7.50. The molecule has 0 aromatic heterocycles. The normalized spacial score (nSPS) is 0.800. The third kappa shape index (κ3) is 482. The molecule has 48 valence electrons. The fraction of sp³-hybridized carbons (Fsp3) is 0. The van der Waals surface area contributed by atoms with Crippen molar-refractivity contribution in [3.63, 3.8) is 0 Å². The molecule has 0 spiro atoms. The van der Waals surface area contributed by atoms with E-state index in [9.17, 15) is 0 Å². The molecule has 0 saturated heterocycles. The van der Waals surface area contributed by atoms with E-state index in [-0.39, 0.29) is 68.5 Å². The SMILES string of the molecule is [C-]#[O+].[C-]#[O+].[C-]#[O+].[C-]#[O+].[Fe].[K+]. The zero-order valence-electron chi connectivity index (χ0n) is 4.99. The molecule has 0 aliphatic heterocycles. The topological polar surface area (TPSA) is 79.6 Å². The fourth-order valence-electron chi connectivity index (χ4n) is 0. The third-order valence-electron chi connectivity index (χ3n) is 0. The van der Waals surface area contributed by atoms with Crippen LogP contribution in [-0.4, -0.2) is 0 Å². The molecule has 0 aliphatic carbocycles. The molecule has 0 aromatic rings. The van der Waals surface area contributed by atoms with Gasteiger partial charge in [-0.25, -0.2) is 0 Å². The molecule has 0 unspecified atom stereocenters. The average Bonchev–Trinajstić information content (AvgIpc) is 2.03. The van der Waals surface area contributed by atoms with Crippen molar-refractivity contribution < 1.29 is 87.1 Å². The molecule has 4 nitrogen and oxygen atoms in total. The molecule has 6 heteroatoms. The van der Waals surface area contributed by atoms with Crippen LogP contribution in [0.5, 0.6) is 0 Å². The van der Waals surface area contributed by atoms with Gasteiger partial charge in [-0.15, -0.1) is 0 Å². The number of rotatable bonds is 0. The maximum atomic E-state index is 7.50. The summed E-state index contributed by atoms with van der Waals surface area (Å²) in [4.78, 5) is 0. The van der Waals surface area contributed by atoms with Gasteiger partial charge in [0.1, 0.15) is 0 Å². The summed E-state index contributed by atoms with van der Waals surface area (Å²) in [5.74, 6) is 0. The predicted octanol–water partition coefficient (Wildman–Crippen LogP) is -3.15. The quantitative estimate of drug-likeness (QED) is 0.228. The van der Waals surface area contributed by atoms with Crippen molar-refractivity contribution in [2.24, 2.45) is 0 Å². The van der Waals surface area contributed by atoms with Crippen molar-refractivity contribution >= 4 is 0 Å². The summed E-state index contributed by atoms with van der Waals surface area (Å²) < 4.78 is 30.0. The van der Waals surface area contributed by atoms with Gasteiger partial charge in [-0.2, -0.15) is 0 Å². The van der Waals surface area contributed by atoms with Gasteiger partial charge in [0.2, 0.25) is 0 Å². The first-order valence-electron chi connectivity index (χ1n) is 0.816. The first-order chi connectivity index (χ1) is 4.00. The molecule has 0 rings (SSSR count). The Labute approximate surface area is 112 Å². The van der Waals surface area contributed by atoms with Crippen LogP contribution in [0.4, 0.5) is 0 Å². The van der Waals surface area contributed by atoms with Crippen LogP contribution in [0.15, 0.2) is 0 Å². The first kappa shape index (κ1) is 43.5. The van der Waals surface area contributed by atoms with Crippen LogP contribution in [0, 0.1) is 26.6 Å². The Balaban J connectivity index is -0.00000000500. The second kappa shape index (κ2) is 675. The summed E-state index contributed by atoms with van der Waals surface area (Å²) in [6.45, 7) is 18.0. The summed E-state index contributed by atoms with van der Waals surface area (Å²) in [6.07, 6.45) is 0. The molecule has 0 amide bonds. The summed E-state index contributed by atoms with van der Waals surface area (Å²) in [6, 6.07) is 0. The van der Waals surface area contributed by atoms with E-state index in [1.807, 2.05) is 0 Å². The first-order valence-corrected chi connectivity index (χ1v) is 0.816. The Morgan fingerprint density at radius 1 is 0.500 bits per heavy atom. The van der Waals surface area contributed by atoms with Crippen molar-refractivity contribution in [1.82, 2.24) is 0 Å². The average molecular weight is 207 g/mol. The predicted molar refractivity (Wildman–Crippen MR) is 15.7 cm³/mol. The number of hydrogen-bond acceptors (Lipinski definition) is 0. The monoisotopic (exact) mass is 207 g/mol.